The van der Waals surface area contributed by atoms with E-state index in [9.17, 15) is 10.1 Å². The molecule has 2 aromatic rings. The van der Waals surface area contributed by atoms with Crippen molar-refractivity contribution >= 4 is 35.0 Å². The molecule has 160 valence electrons. The second kappa shape index (κ2) is 8.74. The topological polar surface area (TPSA) is 65.8 Å². The van der Waals surface area contributed by atoms with Crippen molar-refractivity contribution < 1.29 is 14.3 Å². The summed E-state index contributed by atoms with van der Waals surface area (Å²) in [4.78, 5) is 16.9. The van der Waals surface area contributed by atoms with Crippen LogP contribution in [0.4, 0.5) is 5.69 Å². The molecule has 6 nitrogen and oxygen atoms in total. The summed E-state index contributed by atoms with van der Waals surface area (Å²) in [7, 11) is 3.15. The van der Waals surface area contributed by atoms with Gasteiger partial charge in [-0.2, -0.15) is 5.26 Å². The lowest BCUT2D eigenvalue weighted by Crippen LogP contribution is -2.47. The number of amides is 1. The number of methoxy groups -OCH3 is 2. The zero-order valence-electron chi connectivity index (χ0n) is 17.5. The van der Waals surface area contributed by atoms with Gasteiger partial charge in [-0.05, 0) is 42.3 Å². The van der Waals surface area contributed by atoms with Crippen molar-refractivity contribution in [2.45, 2.75) is 19.3 Å². The van der Waals surface area contributed by atoms with Crippen LogP contribution in [0.3, 0.4) is 0 Å². The summed E-state index contributed by atoms with van der Waals surface area (Å²) in [6.45, 7) is 2.35. The second-order valence-corrected chi connectivity index (χ2v) is 8.75. The Bertz CT molecular complexity index is 1110. The number of thioether (sulfide) groups is 1. The van der Waals surface area contributed by atoms with E-state index in [1.54, 1.807) is 19.1 Å². The highest BCUT2D eigenvalue weighted by Crippen LogP contribution is 2.44. The van der Waals surface area contributed by atoms with Crippen LogP contribution in [0.2, 0.25) is 5.02 Å². The number of nitrogens with zero attached hydrogens (tertiary/aromatic N) is 3. The van der Waals surface area contributed by atoms with Crippen molar-refractivity contribution in [2.75, 3.05) is 31.7 Å². The third-order valence-corrected chi connectivity index (χ3v) is 7.19. The number of ether oxygens (including phenoxy) is 2. The molecule has 1 atom stereocenters. The van der Waals surface area contributed by atoms with Gasteiger partial charge in [0.25, 0.3) is 0 Å². The van der Waals surface area contributed by atoms with Gasteiger partial charge in [0.1, 0.15) is 0 Å². The normalized spacial score (nSPS) is 18.5. The number of carbonyl (C=O) groups excluding carboxylic acids is 1. The van der Waals surface area contributed by atoms with Crippen LogP contribution in [0.25, 0.3) is 0 Å². The fraction of sp³-hybridized carbons (Fsp3) is 0.304. The van der Waals surface area contributed by atoms with Crippen molar-refractivity contribution in [2.24, 2.45) is 0 Å². The Hall–Kier alpha value is -2.82. The van der Waals surface area contributed by atoms with Crippen LogP contribution in [-0.2, 0) is 4.79 Å². The molecule has 0 aromatic heterocycles. The zero-order chi connectivity index (χ0) is 22.1. The molecule has 2 aliphatic heterocycles. The predicted molar refractivity (Wildman–Crippen MR) is 122 cm³/mol. The van der Waals surface area contributed by atoms with Crippen LogP contribution in [-0.4, -0.2) is 37.6 Å². The van der Waals surface area contributed by atoms with Crippen LogP contribution in [0.1, 0.15) is 23.5 Å². The zero-order valence-corrected chi connectivity index (χ0v) is 19.1. The van der Waals surface area contributed by atoms with Crippen molar-refractivity contribution in [3.63, 3.8) is 0 Å². The molecule has 0 radical (unpaired) electrons. The SMILES string of the molecule is COc1ccc([C@@H]2CC(=O)N3CN(c4ccc(C)c(Cl)c4)CSC3=C2C#N)cc1OC. The monoisotopic (exact) mass is 455 g/mol. The number of halogens is 1. The van der Waals surface area contributed by atoms with Crippen molar-refractivity contribution in [3.05, 3.63) is 63.1 Å². The Morgan fingerprint density at radius 1 is 1.16 bits per heavy atom. The summed E-state index contributed by atoms with van der Waals surface area (Å²) in [5.41, 5.74) is 3.44. The Kier molecular flexibility index (Phi) is 6.03. The molecule has 31 heavy (non-hydrogen) atoms. The Morgan fingerprint density at radius 2 is 1.94 bits per heavy atom. The van der Waals surface area contributed by atoms with Crippen molar-refractivity contribution in [3.8, 4) is 17.6 Å². The molecule has 0 unspecified atom stereocenters. The molecule has 4 rings (SSSR count). The van der Waals surface area contributed by atoms with Gasteiger partial charge in [0.05, 0.1) is 43.4 Å². The van der Waals surface area contributed by atoms with Crippen molar-refractivity contribution in [1.29, 1.82) is 5.26 Å². The summed E-state index contributed by atoms with van der Waals surface area (Å²) in [5.74, 6) is 1.50. The minimum Gasteiger partial charge on any atom is -0.493 e. The van der Waals surface area contributed by atoms with E-state index in [0.717, 1.165) is 21.8 Å². The summed E-state index contributed by atoms with van der Waals surface area (Å²) in [5, 5.41) is 11.4. The van der Waals surface area contributed by atoms with Crippen LogP contribution >= 0.6 is 23.4 Å². The second-order valence-electron chi connectivity index (χ2n) is 7.41. The molecule has 1 amide bonds. The number of rotatable bonds is 4. The number of fused-ring (bicyclic) bond motifs is 1. The molecular formula is C23H22ClN3O3S. The first-order chi connectivity index (χ1) is 15.0. The van der Waals surface area contributed by atoms with Gasteiger partial charge in [0, 0.05) is 23.0 Å². The number of hydrogen-bond donors (Lipinski definition) is 0. The van der Waals surface area contributed by atoms with Gasteiger partial charge < -0.3 is 14.4 Å². The number of allylic oxidation sites excluding steroid dienone is 1. The Balaban J connectivity index is 1.66. The number of nitriles is 1. The van der Waals surface area contributed by atoms with E-state index in [1.165, 1.54) is 11.8 Å². The molecule has 2 heterocycles. The van der Waals surface area contributed by atoms with Gasteiger partial charge in [-0.15, -0.1) is 0 Å². The van der Waals surface area contributed by atoms with Gasteiger partial charge in [-0.1, -0.05) is 35.5 Å². The molecule has 1 saturated heterocycles. The molecule has 1 fully saturated rings. The van der Waals surface area contributed by atoms with Crippen LogP contribution in [0, 0.1) is 18.3 Å². The maximum Gasteiger partial charge on any atom is 0.229 e. The Labute approximate surface area is 191 Å². The summed E-state index contributed by atoms with van der Waals surface area (Å²) >= 11 is 7.79. The number of carbonyl (C=O) groups is 1. The first-order valence-electron chi connectivity index (χ1n) is 9.77. The molecule has 0 spiro atoms. The Morgan fingerprint density at radius 3 is 2.61 bits per heavy atom. The predicted octanol–water partition coefficient (Wildman–Crippen LogP) is 4.89. The third kappa shape index (κ3) is 3.93. The largest absolute Gasteiger partial charge is 0.493 e. The minimum absolute atomic E-state index is 0.0100. The van der Waals surface area contributed by atoms with Crippen LogP contribution in [0.5, 0.6) is 11.5 Å². The quantitative estimate of drug-likeness (QED) is 0.654. The van der Waals surface area contributed by atoms with E-state index in [4.69, 9.17) is 21.1 Å². The maximum absolute atomic E-state index is 13.1. The number of hydrogen-bond acceptors (Lipinski definition) is 6. The van der Waals surface area contributed by atoms with E-state index < -0.39 is 0 Å². The summed E-state index contributed by atoms with van der Waals surface area (Å²) in [6.07, 6.45) is 0.227. The summed E-state index contributed by atoms with van der Waals surface area (Å²) < 4.78 is 10.7. The van der Waals surface area contributed by atoms with E-state index in [1.807, 2.05) is 43.3 Å². The average Bonchev–Trinajstić information content (AvgIpc) is 2.80. The standard InChI is InChI=1S/C23H22ClN3O3S/c1-14-4-6-16(9-19(14)24)26-12-27-22(28)10-17(18(11-25)23(27)31-13-26)15-5-7-20(29-2)21(8-15)30-3/h4-9,17H,10,12-13H2,1-3H3/t17-/m0/s1. The first kappa shape index (κ1) is 21.4. The van der Waals surface area contributed by atoms with Gasteiger partial charge in [-0.25, -0.2) is 0 Å². The highest BCUT2D eigenvalue weighted by Gasteiger charge is 2.38. The smallest absolute Gasteiger partial charge is 0.229 e. The fourth-order valence-electron chi connectivity index (χ4n) is 3.86. The lowest BCUT2D eigenvalue weighted by molar-refractivity contribution is -0.129. The average molecular weight is 456 g/mol. The molecule has 2 aromatic carbocycles. The van der Waals surface area contributed by atoms with Crippen molar-refractivity contribution in [1.82, 2.24) is 4.90 Å². The highest BCUT2D eigenvalue weighted by atomic mass is 35.5. The molecule has 0 N–H and O–H groups in total. The van der Waals surface area contributed by atoms with Gasteiger partial charge in [0.2, 0.25) is 5.91 Å². The number of anilines is 1. The van der Waals surface area contributed by atoms with Gasteiger partial charge in [0.15, 0.2) is 11.5 Å². The van der Waals surface area contributed by atoms with E-state index in [2.05, 4.69) is 11.0 Å². The number of aryl methyl sites for hydroxylation is 1. The lowest BCUT2D eigenvalue weighted by Gasteiger charge is -2.42. The van der Waals surface area contributed by atoms with Crippen LogP contribution in [0.15, 0.2) is 47.0 Å². The van der Waals surface area contributed by atoms with Gasteiger partial charge in [-0.3, -0.25) is 9.69 Å². The van der Waals surface area contributed by atoms with E-state index in [-0.39, 0.29) is 18.2 Å². The molecule has 0 bridgehead atoms. The van der Waals surface area contributed by atoms with Crippen LogP contribution < -0.4 is 14.4 Å². The summed E-state index contributed by atoms with van der Waals surface area (Å²) in [6, 6.07) is 13.8. The lowest BCUT2D eigenvalue weighted by atomic mass is 9.86. The van der Waals surface area contributed by atoms with Gasteiger partial charge >= 0.3 is 0 Å². The molecule has 2 aliphatic rings. The molecule has 0 aliphatic carbocycles. The maximum atomic E-state index is 13.1. The third-order valence-electron chi connectivity index (χ3n) is 5.62. The first-order valence-corrected chi connectivity index (χ1v) is 11.1. The number of benzene rings is 2. The highest BCUT2D eigenvalue weighted by molar-refractivity contribution is 8.03. The molecular weight excluding hydrogens is 434 g/mol. The molecule has 8 heteroatoms. The van der Waals surface area contributed by atoms with E-state index >= 15 is 0 Å². The van der Waals surface area contributed by atoms with E-state index in [0.29, 0.717) is 34.6 Å². The molecule has 0 saturated carbocycles. The minimum atomic E-state index is -0.309. The fourth-order valence-corrected chi connectivity index (χ4v) is 5.20.